The molecule has 0 bridgehead atoms. The van der Waals surface area contributed by atoms with Crippen LogP contribution in [0.15, 0.2) is 11.1 Å². The lowest BCUT2D eigenvalue weighted by Crippen LogP contribution is -2.23. The summed E-state index contributed by atoms with van der Waals surface area (Å²) in [6.45, 7) is 2.17. The van der Waals surface area contributed by atoms with E-state index in [0.717, 1.165) is 12.8 Å². The number of nitrogens with zero attached hydrogens (tertiary/aromatic N) is 3. The molecule has 0 unspecified atom stereocenters. The Balaban J connectivity index is 2.35. The van der Waals surface area contributed by atoms with Crippen molar-refractivity contribution in [1.29, 1.82) is 0 Å². The molecule has 0 aromatic carbocycles. The van der Waals surface area contributed by atoms with Gasteiger partial charge in [0.25, 0.3) is 0 Å². The summed E-state index contributed by atoms with van der Waals surface area (Å²) in [7, 11) is 1.67. The van der Waals surface area contributed by atoms with Gasteiger partial charge in [0.05, 0.1) is 0 Å². The Kier molecular flexibility index (Phi) is 3.62. The van der Waals surface area contributed by atoms with Crippen molar-refractivity contribution in [3.05, 3.63) is 16.8 Å². The number of hydrogen-bond acceptors (Lipinski definition) is 3. The summed E-state index contributed by atoms with van der Waals surface area (Å²) >= 11 is 0. The number of aromatic nitrogens is 3. The molecular formula is C9H15N3O2. The van der Waals surface area contributed by atoms with Crippen molar-refractivity contribution in [2.24, 2.45) is 7.05 Å². The predicted octanol–water partition coefficient (Wildman–Crippen LogP) is 0.341. The number of unbranched alkanes of at least 4 members (excludes halogenated alkanes) is 1. The molecule has 0 fully saturated rings. The van der Waals surface area contributed by atoms with E-state index in [4.69, 9.17) is 0 Å². The number of ketones is 1. The largest absolute Gasteiger partial charge is 0.345 e. The summed E-state index contributed by atoms with van der Waals surface area (Å²) in [6.07, 6.45) is 3.71. The number of aryl methyl sites for hydroxylation is 2. The Morgan fingerprint density at radius 1 is 1.50 bits per heavy atom. The molecule has 5 heteroatoms. The monoisotopic (exact) mass is 197 g/mol. The zero-order valence-corrected chi connectivity index (χ0v) is 8.56. The van der Waals surface area contributed by atoms with Crippen LogP contribution in [0.4, 0.5) is 0 Å². The Hall–Kier alpha value is -1.39. The maximum absolute atomic E-state index is 11.3. The fourth-order valence-corrected chi connectivity index (χ4v) is 1.21. The van der Waals surface area contributed by atoms with Crippen molar-refractivity contribution >= 4 is 5.78 Å². The standard InChI is InChI=1S/C9H15N3O2/c1-8(13)5-3-4-6-12-9(14)11(2)7-10-12/h7H,3-6H2,1-2H3. The topological polar surface area (TPSA) is 56.9 Å². The summed E-state index contributed by atoms with van der Waals surface area (Å²) in [5.41, 5.74) is -0.104. The highest BCUT2D eigenvalue weighted by molar-refractivity contribution is 5.75. The summed E-state index contributed by atoms with van der Waals surface area (Å²) in [5.74, 6) is 0.193. The normalized spacial score (nSPS) is 10.4. The first kappa shape index (κ1) is 10.7. The van der Waals surface area contributed by atoms with Gasteiger partial charge in [-0.2, -0.15) is 5.10 Å². The SMILES string of the molecule is CC(=O)CCCCn1ncn(C)c1=O. The van der Waals surface area contributed by atoms with Gasteiger partial charge in [0.1, 0.15) is 12.1 Å². The van der Waals surface area contributed by atoms with Crippen LogP contribution in [0.2, 0.25) is 0 Å². The van der Waals surface area contributed by atoms with Crippen molar-refractivity contribution in [3.63, 3.8) is 0 Å². The zero-order chi connectivity index (χ0) is 10.6. The molecule has 14 heavy (non-hydrogen) atoms. The molecule has 1 rings (SSSR count). The minimum Gasteiger partial charge on any atom is -0.300 e. The Morgan fingerprint density at radius 2 is 2.21 bits per heavy atom. The second-order valence-corrected chi connectivity index (χ2v) is 3.41. The smallest absolute Gasteiger partial charge is 0.300 e. The average Bonchev–Trinajstić information content (AvgIpc) is 2.43. The van der Waals surface area contributed by atoms with Crippen LogP contribution in [-0.4, -0.2) is 20.1 Å². The lowest BCUT2D eigenvalue weighted by atomic mass is 10.2. The van der Waals surface area contributed by atoms with Gasteiger partial charge in [-0.3, -0.25) is 4.57 Å². The molecule has 0 aliphatic heterocycles. The quantitative estimate of drug-likeness (QED) is 0.640. The van der Waals surface area contributed by atoms with Gasteiger partial charge in [0.2, 0.25) is 0 Å². The molecule has 1 aromatic rings. The number of rotatable bonds is 5. The molecule has 0 aliphatic carbocycles. The third-order valence-corrected chi connectivity index (χ3v) is 2.04. The van der Waals surface area contributed by atoms with E-state index in [-0.39, 0.29) is 11.5 Å². The van der Waals surface area contributed by atoms with E-state index >= 15 is 0 Å². The molecule has 5 nitrogen and oxygen atoms in total. The maximum Gasteiger partial charge on any atom is 0.345 e. The minimum absolute atomic E-state index is 0.104. The van der Waals surface area contributed by atoms with Crippen LogP contribution in [-0.2, 0) is 18.4 Å². The summed E-state index contributed by atoms with van der Waals surface area (Å²) < 4.78 is 2.85. The van der Waals surface area contributed by atoms with Gasteiger partial charge in [-0.15, -0.1) is 0 Å². The highest BCUT2D eigenvalue weighted by Crippen LogP contribution is 1.97. The molecule has 1 aromatic heterocycles. The van der Waals surface area contributed by atoms with Crippen molar-refractivity contribution in [2.75, 3.05) is 0 Å². The van der Waals surface area contributed by atoms with Gasteiger partial charge in [0, 0.05) is 20.0 Å². The van der Waals surface area contributed by atoms with Gasteiger partial charge in [0.15, 0.2) is 0 Å². The highest BCUT2D eigenvalue weighted by Gasteiger charge is 2.00. The number of carbonyl (C=O) groups excluding carboxylic acids is 1. The molecule has 78 valence electrons. The van der Waals surface area contributed by atoms with Gasteiger partial charge in [-0.05, 0) is 19.8 Å². The molecule has 0 spiro atoms. The van der Waals surface area contributed by atoms with Gasteiger partial charge in [-0.25, -0.2) is 9.48 Å². The Bertz CT molecular complexity index is 364. The Labute approximate surface area is 82.3 Å². The lowest BCUT2D eigenvalue weighted by Gasteiger charge is -1.98. The van der Waals surface area contributed by atoms with Crippen molar-refractivity contribution in [2.45, 2.75) is 32.7 Å². The number of carbonyl (C=O) groups is 1. The van der Waals surface area contributed by atoms with Gasteiger partial charge >= 0.3 is 5.69 Å². The summed E-state index contributed by atoms with van der Waals surface area (Å²) in [5, 5.41) is 3.91. The van der Waals surface area contributed by atoms with E-state index in [9.17, 15) is 9.59 Å². The van der Waals surface area contributed by atoms with Crippen LogP contribution in [0.1, 0.15) is 26.2 Å². The van der Waals surface area contributed by atoms with Crippen LogP contribution >= 0.6 is 0 Å². The number of hydrogen-bond donors (Lipinski definition) is 0. The molecular weight excluding hydrogens is 182 g/mol. The van der Waals surface area contributed by atoms with Crippen LogP contribution in [0.3, 0.4) is 0 Å². The molecule has 0 saturated carbocycles. The first-order valence-electron chi connectivity index (χ1n) is 4.69. The maximum atomic E-state index is 11.3. The van der Waals surface area contributed by atoms with Crippen LogP contribution in [0, 0.1) is 0 Å². The molecule has 0 atom stereocenters. The summed E-state index contributed by atoms with van der Waals surface area (Å²) in [6, 6.07) is 0. The lowest BCUT2D eigenvalue weighted by molar-refractivity contribution is -0.117. The summed E-state index contributed by atoms with van der Waals surface area (Å²) in [4.78, 5) is 21.9. The van der Waals surface area contributed by atoms with E-state index < -0.39 is 0 Å². The molecule has 0 radical (unpaired) electrons. The minimum atomic E-state index is -0.104. The van der Waals surface area contributed by atoms with Crippen molar-refractivity contribution in [1.82, 2.24) is 14.3 Å². The third-order valence-electron chi connectivity index (χ3n) is 2.04. The van der Waals surface area contributed by atoms with E-state index in [1.807, 2.05) is 0 Å². The fourth-order valence-electron chi connectivity index (χ4n) is 1.21. The highest BCUT2D eigenvalue weighted by atomic mass is 16.2. The van der Waals surface area contributed by atoms with Crippen LogP contribution in [0.25, 0.3) is 0 Å². The van der Waals surface area contributed by atoms with Crippen LogP contribution < -0.4 is 5.69 Å². The molecule has 1 heterocycles. The average molecular weight is 197 g/mol. The molecule has 0 aliphatic rings. The second kappa shape index (κ2) is 4.74. The predicted molar refractivity (Wildman–Crippen MR) is 52.0 cm³/mol. The first-order valence-corrected chi connectivity index (χ1v) is 4.69. The van der Waals surface area contributed by atoms with Crippen LogP contribution in [0.5, 0.6) is 0 Å². The number of Topliss-reactive ketones (excluding diaryl/α,β-unsaturated/α-hetero) is 1. The first-order chi connectivity index (χ1) is 6.61. The van der Waals surface area contributed by atoms with Gasteiger partial charge < -0.3 is 4.79 Å². The zero-order valence-electron chi connectivity index (χ0n) is 8.56. The molecule has 0 N–H and O–H groups in total. The van der Waals surface area contributed by atoms with Crippen molar-refractivity contribution in [3.8, 4) is 0 Å². The Morgan fingerprint density at radius 3 is 2.71 bits per heavy atom. The molecule has 0 amide bonds. The fraction of sp³-hybridized carbons (Fsp3) is 0.667. The van der Waals surface area contributed by atoms with E-state index in [0.29, 0.717) is 13.0 Å². The van der Waals surface area contributed by atoms with Crippen molar-refractivity contribution < 1.29 is 4.79 Å². The van der Waals surface area contributed by atoms with E-state index in [1.165, 1.54) is 15.6 Å². The third kappa shape index (κ3) is 2.83. The van der Waals surface area contributed by atoms with E-state index in [1.54, 1.807) is 14.0 Å². The van der Waals surface area contributed by atoms with E-state index in [2.05, 4.69) is 5.10 Å². The van der Waals surface area contributed by atoms with Gasteiger partial charge in [-0.1, -0.05) is 0 Å². The second-order valence-electron chi connectivity index (χ2n) is 3.41. The molecule has 0 saturated heterocycles.